The van der Waals surface area contributed by atoms with Gasteiger partial charge in [-0.25, -0.2) is 9.97 Å². The van der Waals surface area contributed by atoms with Crippen molar-refractivity contribution in [1.29, 1.82) is 0 Å². The number of thiophene rings is 1. The second-order valence-corrected chi connectivity index (χ2v) is 12.1. The number of nitrogens with one attached hydrogen (secondary N) is 1. The zero-order chi connectivity index (χ0) is 24.7. The Hall–Kier alpha value is -2.14. The molecule has 11 heteroatoms. The van der Waals surface area contributed by atoms with Gasteiger partial charge in [-0.1, -0.05) is 28.3 Å². The third-order valence-electron chi connectivity index (χ3n) is 6.04. The Balaban J connectivity index is 1.54. The molecule has 1 aromatic carbocycles. The number of aromatic nitrogens is 2. The average Bonchev–Trinajstić information content (AvgIpc) is 3.13. The molecule has 0 amide bonds. The highest BCUT2D eigenvalue weighted by Crippen LogP contribution is 2.48. The Morgan fingerprint density at radius 1 is 1.26 bits per heavy atom. The van der Waals surface area contributed by atoms with Crippen molar-refractivity contribution in [3.8, 4) is 15.6 Å². The number of hydrogen-bond donors (Lipinski definition) is 1. The number of anilines is 2. The molecule has 0 radical (unpaired) electrons. The van der Waals surface area contributed by atoms with Gasteiger partial charge in [0.15, 0.2) is 5.06 Å². The fourth-order valence-corrected chi connectivity index (χ4v) is 7.63. The summed E-state index contributed by atoms with van der Waals surface area (Å²) in [6, 6.07) is 5.63. The normalized spacial score (nSPS) is 18.5. The molecule has 2 aromatic heterocycles. The Morgan fingerprint density at radius 2 is 2.09 bits per heavy atom. The summed E-state index contributed by atoms with van der Waals surface area (Å²) < 4.78 is 47.6. The highest BCUT2D eigenvalue weighted by molar-refractivity contribution is 8.15. The number of rotatable bonds is 3. The van der Waals surface area contributed by atoms with Crippen molar-refractivity contribution in [2.24, 2.45) is 0 Å². The van der Waals surface area contributed by atoms with Gasteiger partial charge in [0.1, 0.15) is 5.56 Å². The molecule has 0 bridgehead atoms. The zero-order valence-corrected chi connectivity index (χ0v) is 21.6. The van der Waals surface area contributed by atoms with E-state index in [4.69, 9.17) is 16.3 Å². The molecule has 35 heavy (non-hydrogen) atoms. The Labute approximate surface area is 213 Å². The van der Waals surface area contributed by atoms with E-state index in [1.54, 1.807) is 6.07 Å². The number of benzene rings is 1. The first-order valence-corrected chi connectivity index (χ1v) is 13.9. The number of halogens is 4. The van der Waals surface area contributed by atoms with E-state index in [1.165, 1.54) is 11.3 Å². The summed E-state index contributed by atoms with van der Waals surface area (Å²) in [6.07, 6.45) is -1.97. The molecule has 0 saturated heterocycles. The van der Waals surface area contributed by atoms with Crippen molar-refractivity contribution in [2.75, 3.05) is 31.3 Å². The van der Waals surface area contributed by atoms with E-state index in [-0.39, 0.29) is 22.1 Å². The lowest BCUT2D eigenvalue weighted by molar-refractivity contribution is -0.137. The molecule has 4 heterocycles. The summed E-state index contributed by atoms with van der Waals surface area (Å²) in [5.74, 6) is 0.989. The van der Waals surface area contributed by atoms with Gasteiger partial charge in [0, 0.05) is 19.3 Å². The number of fused-ring (bicyclic) bond motifs is 2. The zero-order valence-electron chi connectivity index (χ0n) is 19.2. The quantitative estimate of drug-likeness (QED) is 0.368. The van der Waals surface area contributed by atoms with Crippen molar-refractivity contribution in [3.05, 3.63) is 46.1 Å². The first kappa shape index (κ1) is 24.5. The van der Waals surface area contributed by atoms with Gasteiger partial charge in [-0.3, -0.25) is 0 Å². The number of hydrogen-bond acceptors (Lipinski definition) is 6. The molecular weight excluding hydrogens is 517 g/mol. The Bertz CT molecular complexity index is 1310. The van der Waals surface area contributed by atoms with E-state index in [1.807, 2.05) is 19.1 Å². The monoisotopic (exact) mass is 540 g/mol. The first-order chi connectivity index (χ1) is 16.7. The summed E-state index contributed by atoms with van der Waals surface area (Å²) in [6.45, 7) is 4.26. The second kappa shape index (κ2) is 9.72. The largest absolute Gasteiger partial charge is 0.483 e. The molecule has 0 aliphatic carbocycles. The van der Waals surface area contributed by atoms with Gasteiger partial charge in [0.2, 0.25) is 5.95 Å². The summed E-state index contributed by atoms with van der Waals surface area (Å²) in [5.41, 5.74) is 1.84. The number of nitrogens with zero attached hydrogens (tertiary/aromatic N) is 3. The minimum absolute atomic E-state index is 0.0633. The SMILES string of the molecule is C/C=S1/CCCOc2sc(-c3nc(Nc4cc5c(cc4Cl)CN(C)CC5)ncc3C(F)(F)F)cc21. The first-order valence-electron chi connectivity index (χ1n) is 11.2. The average molecular weight is 541 g/mol. The van der Waals surface area contributed by atoms with Gasteiger partial charge >= 0.3 is 6.18 Å². The van der Waals surface area contributed by atoms with Gasteiger partial charge < -0.3 is 15.0 Å². The highest BCUT2D eigenvalue weighted by atomic mass is 35.5. The molecule has 1 atom stereocenters. The molecule has 186 valence electrons. The van der Waals surface area contributed by atoms with Crippen LogP contribution in [0.4, 0.5) is 24.8 Å². The lowest BCUT2D eigenvalue weighted by Crippen LogP contribution is -2.26. The summed E-state index contributed by atoms with van der Waals surface area (Å²) in [5, 5.41) is 6.29. The summed E-state index contributed by atoms with van der Waals surface area (Å²) >= 11 is 7.71. The lowest BCUT2D eigenvalue weighted by atomic mass is 9.99. The van der Waals surface area contributed by atoms with E-state index >= 15 is 0 Å². The molecule has 3 aromatic rings. The van der Waals surface area contributed by atoms with Crippen molar-refractivity contribution < 1.29 is 17.9 Å². The van der Waals surface area contributed by atoms with Crippen molar-refractivity contribution in [3.63, 3.8) is 0 Å². The molecular formula is C24H24ClF3N4OS2. The smallest absolute Gasteiger partial charge is 0.420 e. The Kier molecular flexibility index (Phi) is 6.82. The third kappa shape index (κ3) is 5.07. The maximum atomic E-state index is 13.9. The van der Waals surface area contributed by atoms with Crippen LogP contribution in [0.25, 0.3) is 10.6 Å². The van der Waals surface area contributed by atoms with Crippen LogP contribution in [0.2, 0.25) is 5.02 Å². The van der Waals surface area contributed by atoms with Crippen LogP contribution in [0.1, 0.15) is 30.0 Å². The molecule has 0 saturated carbocycles. The number of alkyl halides is 3. The second-order valence-electron chi connectivity index (χ2n) is 8.50. The fourth-order valence-electron chi connectivity index (χ4n) is 4.27. The van der Waals surface area contributed by atoms with Gasteiger partial charge in [-0.15, -0.1) is 0 Å². The molecule has 5 nitrogen and oxygen atoms in total. The van der Waals surface area contributed by atoms with Crippen LogP contribution in [0, 0.1) is 0 Å². The lowest BCUT2D eigenvalue weighted by Gasteiger charge is -2.26. The molecule has 0 spiro atoms. The number of ether oxygens (including phenoxy) is 1. The van der Waals surface area contributed by atoms with E-state index in [0.29, 0.717) is 27.3 Å². The van der Waals surface area contributed by atoms with Crippen molar-refractivity contribution in [1.82, 2.24) is 14.9 Å². The van der Waals surface area contributed by atoms with Crippen LogP contribution >= 0.6 is 33.4 Å². The highest BCUT2D eigenvalue weighted by Gasteiger charge is 2.36. The molecule has 2 aliphatic heterocycles. The van der Waals surface area contributed by atoms with Crippen molar-refractivity contribution >= 4 is 50.4 Å². The molecule has 5 rings (SSSR count). The molecule has 2 aliphatic rings. The summed E-state index contributed by atoms with van der Waals surface area (Å²) in [7, 11) is 1.88. The fraction of sp³-hybridized carbons (Fsp3) is 0.375. The van der Waals surface area contributed by atoms with Gasteiger partial charge in [-0.05, 0) is 61.9 Å². The predicted molar refractivity (Wildman–Crippen MR) is 138 cm³/mol. The predicted octanol–water partition coefficient (Wildman–Crippen LogP) is 6.84. The van der Waals surface area contributed by atoms with Crippen LogP contribution in [-0.2, 0) is 19.1 Å². The van der Waals surface area contributed by atoms with Crippen LogP contribution in [0.3, 0.4) is 0 Å². The number of likely N-dealkylation sites (N-methyl/N-ethyl adjacent to an activating group) is 1. The maximum Gasteiger partial charge on any atom is 0.420 e. The molecule has 1 unspecified atom stereocenters. The van der Waals surface area contributed by atoms with E-state index < -0.39 is 11.7 Å². The van der Waals surface area contributed by atoms with Crippen molar-refractivity contribution in [2.45, 2.75) is 37.4 Å². The maximum absolute atomic E-state index is 13.9. The van der Waals surface area contributed by atoms with Crippen LogP contribution in [-0.4, -0.2) is 46.2 Å². The topological polar surface area (TPSA) is 50.3 Å². The van der Waals surface area contributed by atoms with Gasteiger partial charge in [0.25, 0.3) is 0 Å². The van der Waals surface area contributed by atoms with Gasteiger partial charge in [-0.2, -0.15) is 23.7 Å². The third-order valence-corrected chi connectivity index (χ3v) is 9.70. The molecule has 0 fully saturated rings. The van der Waals surface area contributed by atoms with Crippen LogP contribution < -0.4 is 10.1 Å². The summed E-state index contributed by atoms with van der Waals surface area (Å²) in [4.78, 5) is 11.9. The van der Waals surface area contributed by atoms with Crippen LogP contribution in [0.15, 0.2) is 29.3 Å². The minimum atomic E-state index is -4.59. The molecule has 1 N–H and O–H groups in total. The Morgan fingerprint density at radius 3 is 2.86 bits per heavy atom. The van der Waals surface area contributed by atoms with Gasteiger partial charge in [0.05, 0.1) is 32.8 Å². The van der Waals surface area contributed by atoms with E-state index in [2.05, 4.69) is 32.6 Å². The van der Waals surface area contributed by atoms with E-state index in [9.17, 15) is 13.2 Å². The standard InChI is InChI=1S/C24H24ClF3N4OS2/c1-3-35-8-4-7-33-22-20(35)11-19(34-22)21-16(24(26,27)28)12-29-23(31-21)30-18-10-14-5-6-32(2)13-15(14)9-17(18)25/h3,9-12H,4-8,13H2,1-2H3,(H,29,30,31). The minimum Gasteiger partial charge on any atom is -0.483 e. The van der Waals surface area contributed by atoms with Crippen LogP contribution in [0.5, 0.6) is 5.06 Å². The van der Waals surface area contributed by atoms with E-state index in [0.717, 1.165) is 53.9 Å².